The Morgan fingerprint density at radius 3 is 2.50 bits per heavy atom. The van der Waals surface area contributed by atoms with Crippen LogP contribution in [0.4, 0.5) is 0 Å². The van der Waals surface area contributed by atoms with E-state index in [4.69, 9.17) is 27.9 Å². The number of hydrogen-bond acceptors (Lipinski definition) is 1. The molecule has 2 rings (SSSR count). The molecule has 0 aliphatic carbocycles. The van der Waals surface area contributed by atoms with Gasteiger partial charge in [-0.3, -0.25) is 0 Å². The number of ether oxygens (including phenoxy) is 1. The Hall–Kier alpha value is -1.18. The Morgan fingerprint density at radius 1 is 1.00 bits per heavy atom. The van der Waals surface area contributed by atoms with Crippen LogP contribution in [0, 0.1) is 13.8 Å². The van der Waals surface area contributed by atoms with Gasteiger partial charge in [0.25, 0.3) is 0 Å². The third-order valence-electron chi connectivity index (χ3n) is 2.93. The first kappa shape index (κ1) is 13.3. The van der Waals surface area contributed by atoms with E-state index in [1.165, 1.54) is 5.56 Å². The summed E-state index contributed by atoms with van der Waals surface area (Å²) in [5, 5.41) is 1.12. The first-order valence-electron chi connectivity index (χ1n) is 5.71. The van der Waals surface area contributed by atoms with Gasteiger partial charge >= 0.3 is 0 Å². The monoisotopic (exact) mass is 280 g/mol. The van der Waals surface area contributed by atoms with E-state index in [-0.39, 0.29) is 0 Å². The van der Waals surface area contributed by atoms with Crippen LogP contribution < -0.4 is 4.74 Å². The van der Waals surface area contributed by atoms with E-state index in [9.17, 15) is 0 Å². The third kappa shape index (κ3) is 2.98. The van der Waals surface area contributed by atoms with Crippen molar-refractivity contribution in [2.24, 2.45) is 0 Å². The molecule has 0 saturated carbocycles. The van der Waals surface area contributed by atoms with Crippen LogP contribution in [0.1, 0.15) is 16.7 Å². The molecule has 3 heteroatoms. The topological polar surface area (TPSA) is 9.23 Å². The van der Waals surface area contributed by atoms with E-state index in [2.05, 4.69) is 19.9 Å². The molecule has 0 fully saturated rings. The van der Waals surface area contributed by atoms with Crippen molar-refractivity contribution in [1.29, 1.82) is 0 Å². The van der Waals surface area contributed by atoms with Crippen LogP contribution in [0.5, 0.6) is 5.75 Å². The predicted octanol–water partition coefficient (Wildman–Crippen LogP) is 5.19. The Bertz CT molecular complexity index is 564. The maximum absolute atomic E-state index is 5.96. The van der Waals surface area contributed by atoms with Crippen molar-refractivity contribution in [2.75, 3.05) is 0 Å². The molecule has 2 aromatic rings. The average molecular weight is 281 g/mol. The lowest BCUT2D eigenvalue weighted by molar-refractivity contribution is 0.304. The van der Waals surface area contributed by atoms with Crippen molar-refractivity contribution in [3.8, 4) is 5.75 Å². The van der Waals surface area contributed by atoms with Crippen LogP contribution in [-0.2, 0) is 6.61 Å². The number of rotatable bonds is 3. The molecule has 0 radical (unpaired) electrons. The van der Waals surface area contributed by atoms with Crippen molar-refractivity contribution in [1.82, 2.24) is 0 Å². The second kappa shape index (κ2) is 5.64. The van der Waals surface area contributed by atoms with Gasteiger partial charge in [0.2, 0.25) is 0 Å². The molecule has 18 heavy (non-hydrogen) atoms. The van der Waals surface area contributed by atoms with Gasteiger partial charge in [0.15, 0.2) is 0 Å². The van der Waals surface area contributed by atoms with Gasteiger partial charge < -0.3 is 4.74 Å². The van der Waals surface area contributed by atoms with Crippen LogP contribution >= 0.6 is 23.2 Å². The molecule has 0 saturated heterocycles. The summed E-state index contributed by atoms with van der Waals surface area (Å²) in [6.45, 7) is 4.61. The van der Waals surface area contributed by atoms with E-state index in [1.807, 2.05) is 24.3 Å². The zero-order valence-electron chi connectivity index (χ0n) is 10.3. The highest BCUT2D eigenvalue weighted by molar-refractivity contribution is 6.42. The summed E-state index contributed by atoms with van der Waals surface area (Å²) >= 11 is 11.8. The lowest BCUT2D eigenvalue weighted by Gasteiger charge is -2.11. The average Bonchev–Trinajstić information content (AvgIpc) is 2.35. The molecule has 0 aliphatic heterocycles. The molecule has 0 amide bonds. The minimum Gasteiger partial charge on any atom is -0.489 e. The highest BCUT2D eigenvalue weighted by atomic mass is 35.5. The van der Waals surface area contributed by atoms with Crippen molar-refractivity contribution in [3.05, 3.63) is 63.1 Å². The fraction of sp³-hybridized carbons (Fsp3) is 0.200. The minimum atomic E-state index is 0.487. The van der Waals surface area contributed by atoms with Gasteiger partial charge in [-0.1, -0.05) is 41.4 Å². The van der Waals surface area contributed by atoms with E-state index in [0.29, 0.717) is 16.7 Å². The second-order valence-corrected chi connectivity index (χ2v) is 5.05. The van der Waals surface area contributed by atoms with Crippen molar-refractivity contribution in [3.63, 3.8) is 0 Å². The normalized spacial score (nSPS) is 10.4. The number of benzene rings is 2. The lowest BCUT2D eigenvalue weighted by atomic mass is 10.1. The summed E-state index contributed by atoms with van der Waals surface area (Å²) in [6, 6.07) is 11.6. The smallest absolute Gasteiger partial charge is 0.122 e. The molecule has 0 atom stereocenters. The molecule has 0 aromatic heterocycles. The van der Waals surface area contributed by atoms with E-state index >= 15 is 0 Å². The molecular formula is C15H14Cl2O. The summed E-state index contributed by atoms with van der Waals surface area (Å²) in [6.07, 6.45) is 0. The van der Waals surface area contributed by atoms with Gasteiger partial charge in [-0.25, -0.2) is 0 Å². The van der Waals surface area contributed by atoms with Gasteiger partial charge in [-0.15, -0.1) is 0 Å². The molecule has 0 heterocycles. The van der Waals surface area contributed by atoms with Gasteiger partial charge in [-0.05, 0) is 48.7 Å². The highest BCUT2D eigenvalue weighted by Crippen LogP contribution is 2.25. The summed E-state index contributed by atoms with van der Waals surface area (Å²) in [5.74, 6) is 0.904. The first-order valence-corrected chi connectivity index (χ1v) is 6.46. The Kier molecular flexibility index (Phi) is 4.15. The van der Waals surface area contributed by atoms with Crippen LogP contribution in [0.3, 0.4) is 0 Å². The summed E-state index contributed by atoms with van der Waals surface area (Å²) < 4.78 is 5.80. The Labute approximate surface area is 117 Å². The van der Waals surface area contributed by atoms with Gasteiger partial charge in [0.1, 0.15) is 12.4 Å². The third-order valence-corrected chi connectivity index (χ3v) is 3.67. The molecule has 1 nitrogen and oxygen atoms in total. The summed E-state index contributed by atoms with van der Waals surface area (Å²) in [7, 11) is 0. The number of halogens is 2. The van der Waals surface area contributed by atoms with Crippen molar-refractivity contribution in [2.45, 2.75) is 20.5 Å². The predicted molar refractivity (Wildman–Crippen MR) is 76.7 cm³/mol. The zero-order chi connectivity index (χ0) is 13.1. The SMILES string of the molecule is Cc1cccc(OCc2ccc(Cl)c(Cl)c2)c1C. The summed E-state index contributed by atoms with van der Waals surface area (Å²) in [5.41, 5.74) is 3.39. The fourth-order valence-corrected chi connectivity index (χ4v) is 1.99. The molecule has 0 bridgehead atoms. The molecule has 0 unspecified atom stereocenters. The van der Waals surface area contributed by atoms with Crippen LogP contribution in [-0.4, -0.2) is 0 Å². The summed E-state index contributed by atoms with van der Waals surface area (Å²) in [4.78, 5) is 0. The molecule has 0 N–H and O–H groups in total. The van der Waals surface area contributed by atoms with Crippen LogP contribution in [0.2, 0.25) is 10.0 Å². The maximum atomic E-state index is 5.96. The number of aryl methyl sites for hydroxylation is 1. The maximum Gasteiger partial charge on any atom is 0.122 e. The lowest BCUT2D eigenvalue weighted by Crippen LogP contribution is -1.98. The standard InChI is InChI=1S/C15H14Cl2O/c1-10-4-3-5-15(11(10)2)18-9-12-6-7-13(16)14(17)8-12/h3-8H,9H2,1-2H3. The number of hydrogen-bond donors (Lipinski definition) is 0. The largest absolute Gasteiger partial charge is 0.489 e. The van der Waals surface area contributed by atoms with Crippen molar-refractivity contribution < 1.29 is 4.74 Å². The van der Waals surface area contributed by atoms with E-state index in [0.717, 1.165) is 16.9 Å². The Morgan fingerprint density at radius 2 is 1.78 bits per heavy atom. The van der Waals surface area contributed by atoms with E-state index in [1.54, 1.807) is 6.07 Å². The van der Waals surface area contributed by atoms with Gasteiger partial charge in [0, 0.05) is 0 Å². The van der Waals surface area contributed by atoms with E-state index < -0.39 is 0 Å². The fourth-order valence-electron chi connectivity index (χ4n) is 1.67. The quantitative estimate of drug-likeness (QED) is 0.752. The first-order chi connectivity index (χ1) is 8.58. The van der Waals surface area contributed by atoms with Crippen LogP contribution in [0.25, 0.3) is 0 Å². The zero-order valence-corrected chi connectivity index (χ0v) is 11.8. The minimum absolute atomic E-state index is 0.487. The van der Waals surface area contributed by atoms with Gasteiger partial charge in [0.05, 0.1) is 10.0 Å². The van der Waals surface area contributed by atoms with Crippen molar-refractivity contribution >= 4 is 23.2 Å². The second-order valence-electron chi connectivity index (χ2n) is 4.24. The van der Waals surface area contributed by atoms with Gasteiger partial charge in [-0.2, -0.15) is 0 Å². The van der Waals surface area contributed by atoms with Crippen LogP contribution in [0.15, 0.2) is 36.4 Å². The molecular weight excluding hydrogens is 267 g/mol. The molecule has 2 aromatic carbocycles. The Balaban J connectivity index is 2.11. The molecule has 94 valence electrons. The highest BCUT2D eigenvalue weighted by Gasteiger charge is 2.03. The molecule has 0 aliphatic rings. The molecule has 0 spiro atoms.